The highest BCUT2D eigenvalue weighted by Crippen LogP contribution is 2.43. The van der Waals surface area contributed by atoms with E-state index in [2.05, 4.69) is 41.7 Å². The normalized spacial score (nSPS) is 15.7. The fourth-order valence-corrected chi connectivity index (χ4v) is 2.80. The molecule has 1 atom stereocenters. The van der Waals surface area contributed by atoms with E-state index in [1.165, 1.54) is 24.0 Å². The van der Waals surface area contributed by atoms with E-state index in [0.717, 1.165) is 16.6 Å². The Morgan fingerprint density at radius 2 is 1.95 bits per heavy atom. The number of benzene rings is 2. The summed E-state index contributed by atoms with van der Waals surface area (Å²) in [6.07, 6.45) is 2.58. The molecule has 0 heterocycles. The van der Waals surface area contributed by atoms with Gasteiger partial charge in [0.1, 0.15) is 0 Å². The van der Waals surface area contributed by atoms with Crippen LogP contribution in [-0.4, -0.2) is 7.11 Å². The number of ether oxygens (including phenoxy) is 1. The van der Waals surface area contributed by atoms with Crippen LogP contribution in [0.3, 0.4) is 0 Å². The largest absolute Gasteiger partial charge is 0.380 e. The fourth-order valence-electron chi connectivity index (χ4n) is 2.67. The molecule has 2 nitrogen and oxygen atoms in total. The second-order valence-corrected chi connectivity index (χ2v) is 6.08. The van der Waals surface area contributed by atoms with Gasteiger partial charge in [-0.15, -0.1) is 0 Å². The molecule has 0 aliphatic heterocycles. The van der Waals surface area contributed by atoms with Crippen LogP contribution in [0.25, 0.3) is 0 Å². The molecule has 3 rings (SSSR count). The van der Waals surface area contributed by atoms with Crippen LogP contribution >= 0.6 is 11.6 Å². The highest BCUT2D eigenvalue weighted by Gasteiger charge is 2.32. The Labute approximate surface area is 131 Å². The van der Waals surface area contributed by atoms with E-state index in [1.807, 2.05) is 12.1 Å². The molecule has 1 unspecified atom stereocenters. The van der Waals surface area contributed by atoms with Gasteiger partial charge in [-0.3, -0.25) is 0 Å². The van der Waals surface area contributed by atoms with Crippen LogP contribution in [0.15, 0.2) is 48.5 Å². The van der Waals surface area contributed by atoms with Crippen molar-refractivity contribution in [1.82, 2.24) is 0 Å². The van der Waals surface area contributed by atoms with Gasteiger partial charge in [-0.1, -0.05) is 35.9 Å². The topological polar surface area (TPSA) is 21.3 Å². The third kappa shape index (κ3) is 3.78. The Morgan fingerprint density at radius 3 is 2.62 bits per heavy atom. The number of anilines is 1. The van der Waals surface area contributed by atoms with E-state index in [4.69, 9.17) is 16.3 Å². The summed E-state index contributed by atoms with van der Waals surface area (Å²) in [7, 11) is 1.72. The Morgan fingerprint density at radius 1 is 1.19 bits per heavy atom. The molecule has 2 aromatic rings. The summed E-state index contributed by atoms with van der Waals surface area (Å²) in [5.41, 5.74) is 3.64. The van der Waals surface area contributed by atoms with Crippen LogP contribution in [0, 0.1) is 5.92 Å². The van der Waals surface area contributed by atoms with Gasteiger partial charge in [0.2, 0.25) is 0 Å². The van der Waals surface area contributed by atoms with Crippen LogP contribution in [0.4, 0.5) is 5.69 Å². The van der Waals surface area contributed by atoms with Crippen molar-refractivity contribution in [2.75, 3.05) is 12.4 Å². The smallest absolute Gasteiger partial charge is 0.0713 e. The number of methoxy groups -OCH3 is 1. The Balaban J connectivity index is 1.79. The van der Waals surface area contributed by atoms with Gasteiger partial charge in [0, 0.05) is 17.8 Å². The van der Waals surface area contributed by atoms with E-state index in [9.17, 15) is 0 Å². The molecule has 1 saturated carbocycles. The molecule has 1 fully saturated rings. The molecule has 1 aliphatic carbocycles. The van der Waals surface area contributed by atoms with Gasteiger partial charge in [-0.05, 0) is 54.2 Å². The molecule has 0 spiro atoms. The van der Waals surface area contributed by atoms with Crippen molar-refractivity contribution < 1.29 is 4.74 Å². The van der Waals surface area contributed by atoms with Gasteiger partial charge in [0.25, 0.3) is 0 Å². The first-order valence-electron chi connectivity index (χ1n) is 7.36. The average Bonchev–Trinajstić information content (AvgIpc) is 3.31. The van der Waals surface area contributed by atoms with Gasteiger partial charge >= 0.3 is 0 Å². The third-order valence-corrected chi connectivity index (χ3v) is 4.13. The fraction of sp³-hybridized carbons (Fsp3) is 0.333. The van der Waals surface area contributed by atoms with Crippen molar-refractivity contribution in [2.24, 2.45) is 5.92 Å². The molecule has 21 heavy (non-hydrogen) atoms. The van der Waals surface area contributed by atoms with Gasteiger partial charge in [0.05, 0.1) is 12.6 Å². The zero-order chi connectivity index (χ0) is 14.7. The van der Waals surface area contributed by atoms with Gasteiger partial charge in [-0.2, -0.15) is 0 Å². The van der Waals surface area contributed by atoms with Crippen molar-refractivity contribution in [3.05, 3.63) is 64.7 Å². The predicted molar refractivity (Wildman–Crippen MR) is 87.7 cm³/mol. The first-order valence-corrected chi connectivity index (χ1v) is 7.74. The first kappa shape index (κ1) is 14.4. The van der Waals surface area contributed by atoms with E-state index < -0.39 is 0 Å². The summed E-state index contributed by atoms with van der Waals surface area (Å²) in [4.78, 5) is 0. The summed E-state index contributed by atoms with van der Waals surface area (Å²) in [5, 5.41) is 4.46. The first-order chi connectivity index (χ1) is 10.3. The molecular formula is C18H20ClNO. The standard InChI is InChI=1S/C18H20ClNO/c1-21-12-13-3-2-4-17(11-13)20-18(14-5-6-14)15-7-9-16(19)10-8-15/h2-4,7-11,14,18,20H,5-6,12H2,1H3. The molecule has 3 heteroatoms. The SMILES string of the molecule is COCc1cccc(NC(c2ccc(Cl)cc2)C2CC2)c1. The molecular weight excluding hydrogens is 282 g/mol. The highest BCUT2D eigenvalue weighted by atomic mass is 35.5. The maximum atomic E-state index is 5.99. The minimum absolute atomic E-state index is 0.361. The van der Waals surface area contributed by atoms with Crippen LogP contribution in [-0.2, 0) is 11.3 Å². The molecule has 0 radical (unpaired) electrons. The lowest BCUT2D eigenvalue weighted by atomic mass is 10.0. The van der Waals surface area contributed by atoms with E-state index in [0.29, 0.717) is 12.6 Å². The lowest BCUT2D eigenvalue weighted by Gasteiger charge is -2.20. The van der Waals surface area contributed by atoms with Crippen LogP contribution in [0.5, 0.6) is 0 Å². The van der Waals surface area contributed by atoms with Crippen molar-refractivity contribution in [1.29, 1.82) is 0 Å². The van der Waals surface area contributed by atoms with E-state index in [-0.39, 0.29) is 0 Å². The summed E-state index contributed by atoms with van der Waals surface area (Å²) in [6.45, 7) is 0.643. The molecule has 1 N–H and O–H groups in total. The van der Waals surface area contributed by atoms with Gasteiger partial charge in [0.15, 0.2) is 0 Å². The second-order valence-electron chi connectivity index (χ2n) is 5.64. The minimum atomic E-state index is 0.361. The summed E-state index contributed by atoms with van der Waals surface area (Å²) < 4.78 is 5.20. The highest BCUT2D eigenvalue weighted by molar-refractivity contribution is 6.30. The van der Waals surface area contributed by atoms with E-state index >= 15 is 0 Å². The summed E-state index contributed by atoms with van der Waals surface area (Å²) in [5.74, 6) is 0.720. The molecule has 0 amide bonds. The Kier molecular flexibility index (Phi) is 4.47. The van der Waals surface area contributed by atoms with Crippen LogP contribution < -0.4 is 5.32 Å². The molecule has 110 valence electrons. The van der Waals surface area contributed by atoms with Gasteiger partial charge < -0.3 is 10.1 Å². The Hall–Kier alpha value is -1.51. The molecule has 0 saturated heterocycles. The molecule has 0 bridgehead atoms. The van der Waals surface area contributed by atoms with Crippen molar-refractivity contribution >= 4 is 17.3 Å². The second kappa shape index (κ2) is 6.50. The third-order valence-electron chi connectivity index (χ3n) is 3.88. The quantitative estimate of drug-likeness (QED) is 0.806. The number of hydrogen-bond donors (Lipinski definition) is 1. The van der Waals surface area contributed by atoms with Crippen molar-refractivity contribution in [3.8, 4) is 0 Å². The van der Waals surface area contributed by atoms with Crippen molar-refractivity contribution in [3.63, 3.8) is 0 Å². The monoisotopic (exact) mass is 301 g/mol. The maximum absolute atomic E-state index is 5.99. The number of hydrogen-bond acceptors (Lipinski definition) is 2. The molecule has 1 aliphatic rings. The summed E-state index contributed by atoms with van der Waals surface area (Å²) in [6, 6.07) is 17.0. The van der Waals surface area contributed by atoms with Crippen LogP contribution in [0.1, 0.15) is 30.0 Å². The summed E-state index contributed by atoms with van der Waals surface area (Å²) >= 11 is 5.99. The number of rotatable bonds is 6. The van der Waals surface area contributed by atoms with Gasteiger partial charge in [-0.25, -0.2) is 0 Å². The maximum Gasteiger partial charge on any atom is 0.0713 e. The van der Waals surface area contributed by atoms with E-state index in [1.54, 1.807) is 7.11 Å². The number of nitrogens with one attached hydrogen (secondary N) is 1. The zero-order valence-corrected chi connectivity index (χ0v) is 12.9. The lowest BCUT2D eigenvalue weighted by molar-refractivity contribution is 0.185. The number of halogens is 1. The minimum Gasteiger partial charge on any atom is -0.380 e. The van der Waals surface area contributed by atoms with Crippen molar-refractivity contribution in [2.45, 2.75) is 25.5 Å². The van der Waals surface area contributed by atoms with Crippen LogP contribution in [0.2, 0.25) is 5.02 Å². The molecule has 2 aromatic carbocycles. The molecule has 0 aromatic heterocycles. The Bertz CT molecular complexity index is 592. The predicted octanol–water partition coefficient (Wildman–Crippen LogP) is 5.05. The lowest BCUT2D eigenvalue weighted by Crippen LogP contribution is -2.13. The zero-order valence-electron chi connectivity index (χ0n) is 12.2. The average molecular weight is 302 g/mol.